The molecule has 0 saturated heterocycles. The van der Waals surface area contributed by atoms with E-state index in [1.807, 2.05) is 19.8 Å². The van der Waals surface area contributed by atoms with Crippen molar-refractivity contribution in [1.82, 2.24) is 0 Å². The molecule has 4 nitrogen and oxygen atoms in total. The number of hydrogen-bond donors (Lipinski definition) is 0. The maximum Gasteiger partial charge on any atom is 0.0571 e. The summed E-state index contributed by atoms with van der Waals surface area (Å²) in [5.41, 5.74) is 3.44. The summed E-state index contributed by atoms with van der Waals surface area (Å²) in [6.07, 6.45) is 106. The highest BCUT2D eigenvalue weighted by molar-refractivity contribution is 5.11. The third-order valence-corrected chi connectivity index (χ3v) is 37.8. The van der Waals surface area contributed by atoms with Gasteiger partial charge in [-0.15, -0.1) is 0 Å². The Kier molecular flexibility index (Phi) is 52.5. The Balaban J connectivity index is -0.000000339. The van der Waals surface area contributed by atoms with Crippen LogP contribution in [0.25, 0.3) is 0 Å². The number of hydrogen-bond acceptors (Lipinski definition) is 2. The summed E-state index contributed by atoms with van der Waals surface area (Å²) in [6, 6.07) is 0. The highest BCUT2D eigenvalue weighted by atomic mass is 16.5. The first-order valence-corrected chi connectivity index (χ1v) is 55.2. The second-order valence-corrected chi connectivity index (χ2v) is 48.1. The predicted octanol–water partition coefficient (Wildman–Crippen LogP) is 38.3. The van der Waals surface area contributed by atoms with Crippen molar-refractivity contribution in [3.8, 4) is 0 Å². The zero-order valence-electron chi connectivity index (χ0n) is 83.7. The summed E-state index contributed by atoms with van der Waals surface area (Å²) in [4.78, 5) is 0. The molecular weight excluding hydrogens is 1460 g/mol. The monoisotopic (exact) mass is 1700 g/mol. The number of methoxy groups -OCH3 is 2. The Morgan fingerprint density at radius 2 is 0.458 bits per heavy atom. The third kappa shape index (κ3) is 40.6. The molecule has 16 aliphatic rings. The molecule has 16 aliphatic carbocycles. The molecule has 0 spiro atoms. The fraction of sp³-hybridized carbons (Fsp3) is 0.948. The van der Waals surface area contributed by atoms with Gasteiger partial charge in [0.1, 0.15) is 0 Å². The lowest BCUT2D eigenvalue weighted by molar-refractivity contribution is 0.0398. The summed E-state index contributed by atoms with van der Waals surface area (Å²) in [7, 11) is 3.74. The van der Waals surface area contributed by atoms with Crippen LogP contribution in [-0.2, 0) is 9.47 Å². The molecular formula is C116H238O4. The van der Waals surface area contributed by atoms with Gasteiger partial charge < -0.3 is 20.4 Å². The first-order valence-electron chi connectivity index (χ1n) is 55.2. The van der Waals surface area contributed by atoms with Gasteiger partial charge in [0.25, 0.3) is 0 Å². The first kappa shape index (κ1) is 106. The van der Waals surface area contributed by atoms with E-state index in [4.69, 9.17) is 9.47 Å². The first-order chi connectivity index (χ1) is 57.1. The van der Waals surface area contributed by atoms with Gasteiger partial charge >= 0.3 is 0 Å². The van der Waals surface area contributed by atoms with Crippen molar-refractivity contribution in [2.24, 2.45) is 166 Å². The Morgan fingerprint density at radius 1 is 0.233 bits per heavy atom. The second-order valence-electron chi connectivity index (χ2n) is 48.1. The van der Waals surface area contributed by atoms with E-state index >= 15 is 0 Å². The molecule has 2 unspecified atom stereocenters. The standard InChI is InChI=1S/C16H30.C16H28.2C14H26O.2C14H26.2C14H24.2H2O.12H2/c2*1-13-3-7-15(8-4-13)11-12-16-9-5-14(2)6-10-16;2*1-11-3-5-12(6-4-11)13-7-9-14(15-2)10-8-13;4*1-11-3-7-13(8-4-11)14-9-5-12(2)6-10-14;;;;;;;;;;;;;;/h13-16H,3-12H2,1-2H3;11-16H,3-10H2,1-2H3;2*11-14H,3-10H2,1-2H3;2*11-14H,3-10H2,1-2H3;7,11-12,14H,3-6,8-10H2,1-2H3;3,12-14H,4-10H2,1-2H3;2*1H2;12*1H/b;12-11+;;;;;;;;;;;;;;;;;;;;. The van der Waals surface area contributed by atoms with Gasteiger partial charge in [-0.2, -0.15) is 0 Å². The lowest BCUT2D eigenvalue weighted by Gasteiger charge is -2.36. The van der Waals surface area contributed by atoms with Gasteiger partial charge in [-0.3, -0.25) is 0 Å². The quantitative estimate of drug-likeness (QED) is 0.172. The normalized spacial score (nSPS) is 41.3. The largest absolute Gasteiger partial charge is 0.412 e. The average molecular weight is 1700 g/mol. The van der Waals surface area contributed by atoms with Crippen LogP contribution < -0.4 is 0 Å². The van der Waals surface area contributed by atoms with E-state index in [-0.39, 0.29) is 28.1 Å². The summed E-state index contributed by atoms with van der Waals surface area (Å²) in [6.45, 7) is 33.7. The molecule has 0 aliphatic heterocycles. The molecule has 120 heavy (non-hydrogen) atoms. The number of rotatable bonds is 13. The van der Waals surface area contributed by atoms with Gasteiger partial charge in [-0.25, -0.2) is 0 Å². The van der Waals surface area contributed by atoms with E-state index in [0.29, 0.717) is 12.2 Å². The van der Waals surface area contributed by atoms with Crippen LogP contribution in [0.2, 0.25) is 0 Å². The Morgan fingerprint density at radius 3 is 0.683 bits per heavy atom. The minimum atomic E-state index is 0. The molecule has 0 aromatic rings. The lowest BCUT2D eigenvalue weighted by atomic mass is 9.70. The van der Waals surface area contributed by atoms with E-state index in [0.717, 1.165) is 166 Å². The van der Waals surface area contributed by atoms with Crippen LogP contribution >= 0.6 is 0 Å². The topological polar surface area (TPSA) is 81.5 Å². The van der Waals surface area contributed by atoms with Gasteiger partial charge in [0.2, 0.25) is 0 Å². The molecule has 0 amide bonds. The van der Waals surface area contributed by atoms with E-state index in [1.54, 1.807) is 69.8 Å². The molecule has 0 aromatic carbocycles. The minimum absolute atomic E-state index is 0. The van der Waals surface area contributed by atoms with Crippen molar-refractivity contribution < 1.29 is 37.5 Å². The van der Waals surface area contributed by atoms with Gasteiger partial charge in [-0.1, -0.05) is 318 Å². The molecule has 0 radical (unpaired) electrons. The van der Waals surface area contributed by atoms with Crippen LogP contribution in [0.5, 0.6) is 0 Å². The lowest BCUT2D eigenvalue weighted by Crippen LogP contribution is -2.27. The molecule has 14 fully saturated rings. The van der Waals surface area contributed by atoms with E-state index in [1.165, 1.54) is 347 Å². The Labute approximate surface area is 769 Å². The van der Waals surface area contributed by atoms with Gasteiger partial charge in [0.15, 0.2) is 0 Å². The van der Waals surface area contributed by atoms with Crippen LogP contribution in [0.3, 0.4) is 0 Å². The Hall–Kier alpha value is -0.940. The molecule has 0 heterocycles. The molecule has 726 valence electrons. The smallest absolute Gasteiger partial charge is 0.0571 e. The van der Waals surface area contributed by atoms with Crippen LogP contribution in [0.4, 0.5) is 0 Å². The summed E-state index contributed by atoms with van der Waals surface area (Å²) in [5.74, 6) is 28.7. The average Bonchev–Trinajstić information content (AvgIpc) is 0.903. The van der Waals surface area contributed by atoms with Crippen LogP contribution in [-0.4, -0.2) is 37.4 Å². The summed E-state index contributed by atoms with van der Waals surface area (Å²) >= 11 is 0. The van der Waals surface area contributed by atoms with Crippen molar-refractivity contribution in [2.75, 3.05) is 14.2 Å². The van der Waals surface area contributed by atoms with Crippen molar-refractivity contribution in [3.05, 3.63) is 35.5 Å². The molecule has 4 heteroatoms. The third-order valence-electron chi connectivity index (χ3n) is 37.8. The zero-order valence-corrected chi connectivity index (χ0v) is 83.7. The van der Waals surface area contributed by atoms with Crippen molar-refractivity contribution in [3.63, 3.8) is 0 Å². The maximum absolute atomic E-state index is 5.44. The molecule has 4 N–H and O–H groups in total. The fourth-order valence-electron chi connectivity index (χ4n) is 27.3. The molecule has 16 rings (SSSR count). The zero-order chi connectivity index (χ0) is 84.0. The highest BCUT2D eigenvalue weighted by Gasteiger charge is 2.36. The summed E-state index contributed by atoms with van der Waals surface area (Å²) in [5, 5.41) is 0. The van der Waals surface area contributed by atoms with Gasteiger partial charge in [0, 0.05) is 31.3 Å². The van der Waals surface area contributed by atoms with Crippen LogP contribution in [0.15, 0.2) is 35.5 Å². The van der Waals surface area contributed by atoms with E-state index in [2.05, 4.69) is 121 Å². The molecule has 0 aromatic heterocycles. The van der Waals surface area contributed by atoms with Crippen molar-refractivity contribution in [2.45, 2.75) is 520 Å². The van der Waals surface area contributed by atoms with E-state index < -0.39 is 0 Å². The second kappa shape index (κ2) is 59.4. The maximum atomic E-state index is 5.44. The van der Waals surface area contributed by atoms with E-state index in [9.17, 15) is 0 Å². The Bertz CT molecular complexity index is 2430. The highest BCUT2D eigenvalue weighted by Crippen LogP contribution is 2.48. The molecule has 14 saturated carbocycles. The number of allylic oxidation sites excluding steroid dienone is 6. The summed E-state index contributed by atoms with van der Waals surface area (Å²) < 4.78 is 10.9. The molecule has 0 bridgehead atoms. The van der Waals surface area contributed by atoms with Crippen LogP contribution in [0.1, 0.15) is 525 Å². The fourth-order valence-corrected chi connectivity index (χ4v) is 27.3. The van der Waals surface area contributed by atoms with Crippen LogP contribution in [0, 0.1) is 166 Å². The molecule has 2 atom stereocenters. The van der Waals surface area contributed by atoms with Crippen molar-refractivity contribution >= 4 is 0 Å². The number of ether oxygens (including phenoxy) is 2. The SMILES string of the molecule is CC1=CCC(C2CCC(C)CC2)CC1.CC1CC=C(C2CCC(C)CC2)CC1.CC1CCC(/C=C/C2CCC(C)CC2)CC1.CC1CCC(C2CCC(C)CC2)CC1.CC1CCC(C2CCC(C)CC2)CC1.CC1CCC(CCC2CCC(C)CC2)CC1.COC1CCC(C2CCC(C)CC2)CC1.COC1CCC(C2CCC(C)CC2)CC1.O.O.[HH].[HH].[HH].[HH].[HH].[HH].[HH].[HH].[HH].[HH].[HH].[HH]. The van der Waals surface area contributed by atoms with Gasteiger partial charge in [-0.05, 0) is 391 Å². The predicted molar refractivity (Wildman–Crippen MR) is 552 cm³/mol. The van der Waals surface area contributed by atoms with Crippen molar-refractivity contribution in [1.29, 1.82) is 0 Å². The minimum Gasteiger partial charge on any atom is -0.412 e. The van der Waals surface area contributed by atoms with Gasteiger partial charge in [0.05, 0.1) is 12.2 Å².